The second-order valence-corrected chi connectivity index (χ2v) is 8.84. The number of carbonyl (C=O) groups is 3. The zero-order chi connectivity index (χ0) is 20.0. The van der Waals surface area contributed by atoms with Crippen molar-refractivity contribution in [2.75, 3.05) is 19.6 Å². The molecule has 7 heteroatoms. The van der Waals surface area contributed by atoms with Crippen molar-refractivity contribution in [2.24, 2.45) is 0 Å². The van der Waals surface area contributed by atoms with Gasteiger partial charge < -0.3 is 10.2 Å². The van der Waals surface area contributed by atoms with Crippen LogP contribution < -0.4 is 10.6 Å². The molecule has 4 aliphatic rings. The Balaban J connectivity index is 1.39. The normalized spacial score (nSPS) is 26.8. The van der Waals surface area contributed by atoms with Crippen molar-refractivity contribution in [3.63, 3.8) is 0 Å². The number of benzene rings is 1. The van der Waals surface area contributed by atoms with Crippen LogP contribution in [0.1, 0.15) is 60.0 Å². The van der Waals surface area contributed by atoms with E-state index in [1.807, 2.05) is 12.1 Å². The molecule has 0 radical (unpaired) electrons. The number of rotatable bonds is 3. The first-order valence-corrected chi connectivity index (χ1v) is 10.8. The molecule has 1 atom stereocenters. The van der Waals surface area contributed by atoms with Crippen LogP contribution in [0.5, 0.6) is 0 Å². The van der Waals surface area contributed by atoms with E-state index in [9.17, 15) is 14.4 Å². The van der Waals surface area contributed by atoms with Crippen LogP contribution in [-0.4, -0.2) is 58.7 Å². The molecule has 2 saturated heterocycles. The van der Waals surface area contributed by atoms with Crippen molar-refractivity contribution in [1.82, 2.24) is 20.4 Å². The lowest BCUT2D eigenvalue weighted by Crippen LogP contribution is -2.53. The average molecular weight is 396 g/mol. The van der Waals surface area contributed by atoms with Gasteiger partial charge in [-0.25, -0.2) is 0 Å². The number of fused-ring (bicyclic) bond motifs is 1. The van der Waals surface area contributed by atoms with Crippen molar-refractivity contribution >= 4 is 17.7 Å². The molecule has 7 nitrogen and oxygen atoms in total. The van der Waals surface area contributed by atoms with E-state index >= 15 is 0 Å². The van der Waals surface area contributed by atoms with Gasteiger partial charge in [-0.1, -0.05) is 12.1 Å². The minimum atomic E-state index is -0.555. The predicted molar refractivity (Wildman–Crippen MR) is 107 cm³/mol. The highest BCUT2D eigenvalue weighted by Crippen LogP contribution is 2.42. The van der Waals surface area contributed by atoms with E-state index in [-0.39, 0.29) is 24.1 Å². The predicted octanol–water partition coefficient (Wildman–Crippen LogP) is 1.17. The van der Waals surface area contributed by atoms with Crippen LogP contribution >= 0.6 is 0 Å². The number of amides is 3. The molecule has 0 bridgehead atoms. The standard InChI is InChI=1S/C22H28N4O3/c27-19-6-5-18(20(28)24-19)26-14-17-15(3-1-4-16(17)21(26)29)13-25-12-11-23-10-9-22(25)7-2-8-22/h1,3-4,18,23H,2,5-14H2,(H,24,27,28). The smallest absolute Gasteiger partial charge is 0.255 e. The Morgan fingerprint density at radius 3 is 2.72 bits per heavy atom. The number of nitrogens with zero attached hydrogens (tertiary/aromatic N) is 2. The summed E-state index contributed by atoms with van der Waals surface area (Å²) >= 11 is 0. The molecular weight excluding hydrogens is 368 g/mol. The lowest BCUT2D eigenvalue weighted by molar-refractivity contribution is -0.136. The first-order chi connectivity index (χ1) is 14.1. The molecule has 1 spiro atoms. The van der Waals surface area contributed by atoms with E-state index in [1.54, 1.807) is 4.90 Å². The van der Waals surface area contributed by atoms with Gasteiger partial charge in [0.2, 0.25) is 11.8 Å². The Morgan fingerprint density at radius 1 is 1.10 bits per heavy atom. The summed E-state index contributed by atoms with van der Waals surface area (Å²) in [5.74, 6) is -0.695. The molecule has 3 heterocycles. The van der Waals surface area contributed by atoms with E-state index in [2.05, 4.69) is 21.6 Å². The Labute approximate surface area is 170 Å². The van der Waals surface area contributed by atoms with Gasteiger partial charge in [-0.2, -0.15) is 0 Å². The average Bonchev–Trinajstić information content (AvgIpc) is 2.86. The maximum absolute atomic E-state index is 13.1. The molecule has 3 fully saturated rings. The third-order valence-corrected chi connectivity index (χ3v) is 7.32. The maximum Gasteiger partial charge on any atom is 0.255 e. The van der Waals surface area contributed by atoms with E-state index in [0.29, 0.717) is 24.1 Å². The molecule has 2 N–H and O–H groups in total. The van der Waals surface area contributed by atoms with Crippen LogP contribution in [0.2, 0.25) is 0 Å². The largest absolute Gasteiger partial charge is 0.322 e. The van der Waals surface area contributed by atoms with Gasteiger partial charge in [-0.15, -0.1) is 0 Å². The Hall–Kier alpha value is -2.25. The van der Waals surface area contributed by atoms with Crippen molar-refractivity contribution in [3.8, 4) is 0 Å². The van der Waals surface area contributed by atoms with Gasteiger partial charge in [0.1, 0.15) is 6.04 Å². The van der Waals surface area contributed by atoms with E-state index in [4.69, 9.17) is 0 Å². The van der Waals surface area contributed by atoms with Gasteiger partial charge in [-0.3, -0.25) is 24.6 Å². The third-order valence-electron chi connectivity index (χ3n) is 7.32. The van der Waals surface area contributed by atoms with E-state index in [1.165, 1.54) is 31.2 Å². The van der Waals surface area contributed by atoms with Gasteiger partial charge in [0.05, 0.1) is 0 Å². The van der Waals surface area contributed by atoms with E-state index in [0.717, 1.165) is 31.7 Å². The highest BCUT2D eigenvalue weighted by Gasteiger charge is 2.44. The minimum Gasteiger partial charge on any atom is -0.322 e. The van der Waals surface area contributed by atoms with Crippen LogP contribution in [0.4, 0.5) is 0 Å². The lowest BCUT2D eigenvalue weighted by Gasteiger charge is -2.50. The van der Waals surface area contributed by atoms with Crippen molar-refractivity contribution in [1.29, 1.82) is 0 Å². The summed E-state index contributed by atoms with van der Waals surface area (Å²) in [6.45, 7) is 4.40. The second-order valence-electron chi connectivity index (χ2n) is 8.84. The maximum atomic E-state index is 13.1. The van der Waals surface area contributed by atoms with Crippen LogP contribution in [0.15, 0.2) is 18.2 Å². The Bertz CT molecular complexity index is 864. The molecule has 5 rings (SSSR count). The molecule has 3 amide bonds. The Morgan fingerprint density at radius 2 is 1.97 bits per heavy atom. The summed E-state index contributed by atoms with van der Waals surface area (Å²) in [4.78, 5) is 41.1. The van der Waals surface area contributed by atoms with Gasteiger partial charge in [0, 0.05) is 43.7 Å². The van der Waals surface area contributed by atoms with Crippen LogP contribution in [0, 0.1) is 0 Å². The number of hydrogen-bond acceptors (Lipinski definition) is 5. The number of piperidine rings is 1. The van der Waals surface area contributed by atoms with Gasteiger partial charge in [0.25, 0.3) is 5.91 Å². The summed E-state index contributed by atoms with van der Waals surface area (Å²) in [5, 5.41) is 5.91. The topological polar surface area (TPSA) is 81.8 Å². The molecule has 1 aromatic carbocycles. The zero-order valence-electron chi connectivity index (χ0n) is 16.7. The summed E-state index contributed by atoms with van der Waals surface area (Å²) in [6, 6.07) is 5.41. The molecule has 1 aromatic rings. The summed E-state index contributed by atoms with van der Waals surface area (Å²) in [6.07, 6.45) is 5.68. The highest BCUT2D eigenvalue weighted by molar-refractivity contribution is 6.05. The fourth-order valence-electron chi connectivity index (χ4n) is 5.46. The number of carbonyl (C=O) groups excluding carboxylic acids is 3. The summed E-state index contributed by atoms with van der Waals surface area (Å²) < 4.78 is 0. The molecule has 1 saturated carbocycles. The SMILES string of the molecule is O=C1CCC(N2Cc3c(CN4CCNCCC45CCC5)cccc3C2=O)C(=O)N1. The minimum absolute atomic E-state index is 0.0905. The quantitative estimate of drug-likeness (QED) is 0.750. The van der Waals surface area contributed by atoms with Crippen LogP contribution in [0.3, 0.4) is 0 Å². The number of hydrogen-bond donors (Lipinski definition) is 2. The summed E-state index contributed by atoms with van der Waals surface area (Å²) in [5.41, 5.74) is 3.26. The first-order valence-electron chi connectivity index (χ1n) is 10.8. The van der Waals surface area contributed by atoms with Crippen LogP contribution in [-0.2, 0) is 22.7 Å². The molecule has 154 valence electrons. The monoisotopic (exact) mass is 396 g/mol. The van der Waals surface area contributed by atoms with Crippen molar-refractivity contribution in [3.05, 3.63) is 34.9 Å². The molecular formula is C22H28N4O3. The molecule has 1 aliphatic carbocycles. The fraction of sp³-hybridized carbons (Fsp3) is 0.591. The number of imide groups is 1. The summed E-state index contributed by atoms with van der Waals surface area (Å²) in [7, 11) is 0. The third kappa shape index (κ3) is 3.16. The molecule has 1 unspecified atom stereocenters. The van der Waals surface area contributed by atoms with Crippen LogP contribution in [0.25, 0.3) is 0 Å². The van der Waals surface area contributed by atoms with Gasteiger partial charge >= 0.3 is 0 Å². The second kappa shape index (κ2) is 7.22. The fourth-order valence-corrected chi connectivity index (χ4v) is 5.46. The zero-order valence-corrected chi connectivity index (χ0v) is 16.7. The molecule has 3 aliphatic heterocycles. The molecule has 0 aromatic heterocycles. The van der Waals surface area contributed by atoms with Crippen molar-refractivity contribution in [2.45, 2.75) is 63.2 Å². The van der Waals surface area contributed by atoms with Crippen molar-refractivity contribution < 1.29 is 14.4 Å². The Kier molecular flexibility index (Phi) is 4.67. The van der Waals surface area contributed by atoms with E-state index < -0.39 is 6.04 Å². The van der Waals surface area contributed by atoms with Gasteiger partial charge in [0.15, 0.2) is 0 Å². The first kappa shape index (κ1) is 18.8. The molecule has 29 heavy (non-hydrogen) atoms. The van der Waals surface area contributed by atoms with Gasteiger partial charge in [-0.05, 0) is 55.8 Å². The lowest BCUT2D eigenvalue weighted by atomic mass is 9.73. The highest BCUT2D eigenvalue weighted by atomic mass is 16.2. The number of nitrogens with one attached hydrogen (secondary N) is 2.